The van der Waals surface area contributed by atoms with Crippen LogP contribution in [0.5, 0.6) is 5.75 Å². The molecule has 4 rings (SSSR count). The van der Waals surface area contributed by atoms with Gasteiger partial charge >= 0.3 is 6.18 Å². The molecule has 0 saturated carbocycles. The molecule has 2 saturated heterocycles. The lowest BCUT2D eigenvalue weighted by Crippen LogP contribution is -2.61. The van der Waals surface area contributed by atoms with E-state index >= 15 is 0 Å². The molecule has 3 amide bonds. The zero-order chi connectivity index (χ0) is 31.9. The predicted molar refractivity (Wildman–Crippen MR) is 158 cm³/mol. The van der Waals surface area contributed by atoms with Crippen molar-refractivity contribution in [2.24, 2.45) is 0 Å². The zero-order valence-corrected chi connectivity index (χ0v) is 24.8. The summed E-state index contributed by atoms with van der Waals surface area (Å²) in [4.78, 5) is 54.2. The molecule has 0 bridgehead atoms. The minimum Gasteiger partial charge on any atom is -0.497 e. The second-order valence-corrected chi connectivity index (χ2v) is 11.4. The molecule has 14 heteroatoms. The number of ketones is 1. The summed E-state index contributed by atoms with van der Waals surface area (Å²) in [7, 11) is 1.47. The van der Waals surface area contributed by atoms with E-state index in [1.54, 1.807) is 41.4 Å². The van der Waals surface area contributed by atoms with Gasteiger partial charge in [-0.05, 0) is 50.3 Å². The van der Waals surface area contributed by atoms with E-state index in [1.807, 2.05) is 6.08 Å². The van der Waals surface area contributed by atoms with E-state index in [-0.39, 0.29) is 36.1 Å². The molecular formula is C30H45F3N4O7. The summed E-state index contributed by atoms with van der Waals surface area (Å²) in [5, 5.41) is 6.65. The smallest absolute Gasteiger partial charge is 0.417 e. The van der Waals surface area contributed by atoms with Crippen molar-refractivity contribution in [3.63, 3.8) is 0 Å². The van der Waals surface area contributed by atoms with Gasteiger partial charge in [0, 0.05) is 23.8 Å². The first kappa shape index (κ1) is 33.4. The number of nitrogens with one attached hydrogen (secondary N) is 3. The molecule has 44 heavy (non-hydrogen) atoms. The van der Waals surface area contributed by atoms with Crippen LogP contribution in [0.2, 0.25) is 0 Å². The van der Waals surface area contributed by atoms with Crippen LogP contribution in [0, 0.1) is 0 Å². The molecule has 1 aromatic carbocycles. The van der Waals surface area contributed by atoms with Gasteiger partial charge in [0.1, 0.15) is 17.4 Å². The van der Waals surface area contributed by atoms with Crippen LogP contribution in [-0.4, -0.2) is 105 Å². The first-order valence-corrected chi connectivity index (χ1v) is 14.6. The van der Waals surface area contributed by atoms with Gasteiger partial charge in [-0.3, -0.25) is 24.1 Å². The number of hydrogen-bond donors (Lipinski definition) is 3. The fourth-order valence-electron chi connectivity index (χ4n) is 5.21. The summed E-state index contributed by atoms with van der Waals surface area (Å²) >= 11 is 0. The highest BCUT2D eigenvalue weighted by Gasteiger charge is 2.51. The van der Waals surface area contributed by atoms with Gasteiger partial charge in [0.15, 0.2) is 5.78 Å². The summed E-state index contributed by atoms with van der Waals surface area (Å²) in [6.45, 7) is 2.86. The highest BCUT2D eigenvalue weighted by molar-refractivity contribution is 5.98. The number of allylic oxidation sites excluding steroid dienone is 1. The molecule has 0 spiro atoms. The molecule has 0 aromatic heterocycles. The van der Waals surface area contributed by atoms with Gasteiger partial charge in [0.05, 0.1) is 39.5 Å². The van der Waals surface area contributed by atoms with E-state index in [0.29, 0.717) is 37.6 Å². The average molecular weight is 631 g/mol. The van der Waals surface area contributed by atoms with Gasteiger partial charge in [0.25, 0.3) is 5.91 Å². The molecular weight excluding hydrogens is 585 g/mol. The van der Waals surface area contributed by atoms with E-state index in [9.17, 15) is 32.3 Å². The number of hydrogen-bond acceptors (Lipinski definition) is 8. The van der Waals surface area contributed by atoms with Crippen molar-refractivity contribution < 1.29 is 50.8 Å². The van der Waals surface area contributed by atoms with Crippen molar-refractivity contribution in [1.29, 1.82) is 0 Å². The van der Waals surface area contributed by atoms with Crippen LogP contribution < -0.4 is 20.7 Å². The van der Waals surface area contributed by atoms with Gasteiger partial charge in [-0.15, -0.1) is 0 Å². The van der Waals surface area contributed by atoms with Gasteiger partial charge in [-0.1, -0.05) is 23.8 Å². The minimum absolute atomic E-state index is 0. The molecule has 3 aliphatic rings. The lowest BCUT2D eigenvalue weighted by molar-refractivity contribution is -0.172. The number of amides is 3. The number of alkyl halides is 3. The van der Waals surface area contributed by atoms with Gasteiger partial charge in [-0.25, -0.2) is 0 Å². The Morgan fingerprint density at radius 3 is 2.25 bits per heavy atom. The Morgan fingerprint density at radius 1 is 1.02 bits per heavy atom. The minimum atomic E-state index is -5.14. The normalized spacial score (nSPS) is 22.2. The molecule has 1 aliphatic carbocycles. The Bertz CT molecular complexity index is 1240. The van der Waals surface area contributed by atoms with Crippen LogP contribution >= 0.6 is 0 Å². The van der Waals surface area contributed by atoms with Crippen LogP contribution in [0.1, 0.15) is 42.5 Å². The van der Waals surface area contributed by atoms with Crippen LogP contribution in [0.3, 0.4) is 0 Å². The molecule has 0 radical (unpaired) electrons. The summed E-state index contributed by atoms with van der Waals surface area (Å²) in [5.74, 6) is -3.26. The Hall–Kier alpha value is -3.49. The van der Waals surface area contributed by atoms with Crippen molar-refractivity contribution in [3.8, 4) is 5.75 Å². The van der Waals surface area contributed by atoms with Crippen LogP contribution in [0.15, 0.2) is 35.9 Å². The number of carbonyl (C=O) groups is 4. The molecule has 4 atom stereocenters. The number of Topliss-reactive ketones (excluding diaryl/α,β-unsaturated/α-hetero) is 1. The Labute approximate surface area is 258 Å². The maximum atomic E-state index is 14.1. The van der Waals surface area contributed by atoms with Crippen molar-refractivity contribution in [2.75, 3.05) is 46.6 Å². The maximum Gasteiger partial charge on any atom is 0.417 e. The quantitative estimate of drug-likeness (QED) is 0.210. The Morgan fingerprint density at radius 2 is 1.68 bits per heavy atom. The van der Waals surface area contributed by atoms with Gasteiger partial charge < -0.3 is 30.2 Å². The first-order chi connectivity index (χ1) is 20.9. The largest absolute Gasteiger partial charge is 0.497 e. The standard InChI is InChI=1S/C30H39F3N4O7.3H2/c1-29(18-44-29)26(39)22(15-19-5-3-4-6-19)34-27(40)23(16-20-7-9-21(42-2)10-8-20)35-28(41)25(30(31,32)33)36-24(38)17-37-11-13-43-14-12-37;;;/h5,7-10,22-23,25H,3-4,6,11-18H2,1-2H3,(H,34,40)(H,35,41)(H,36,38);3*1H/t22-,23-,25-,29+;;;/m0.../s1. The van der Waals surface area contributed by atoms with Crippen molar-refractivity contribution >= 4 is 23.5 Å². The number of ether oxygens (including phenoxy) is 3. The molecule has 1 aromatic rings. The number of nitrogens with zero attached hydrogens (tertiary/aromatic N) is 1. The molecule has 2 heterocycles. The highest BCUT2D eigenvalue weighted by Crippen LogP contribution is 2.31. The van der Waals surface area contributed by atoms with Crippen molar-refractivity contribution in [1.82, 2.24) is 20.9 Å². The van der Waals surface area contributed by atoms with E-state index < -0.39 is 47.6 Å². The molecule has 3 N–H and O–H groups in total. The summed E-state index contributed by atoms with van der Waals surface area (Å²) in [5.41, 5.74) is 0.451. The summed E-state index contributed by atoms with van der Waals surface area (Å²) in [6.07, 6.45) is -0.556. The number of benzene rings is 1. The van der Waals surface area contributed by atoms with Crippen LogP contribution in [-0.2, 0) is 35.1 Å². The van der Waals surface area contributed by atoms with Crippen LogP contribution in [0.25, 0.3) is 0 Å². The van der Waals surface area contributed by atoms with E-state index in [4.69, 9.17) is 14.2 Å². The second-order valence-electron chi connectivity index (χ2n) is 11.4. The van der Waals surface area contributed by atoms with E-state index in [1.165, 1.54) is 7.11 Å². The fraction of sp³-hybridized carbons (Fsp3) is 0.600. The lowest BCUT2D eigenvalue weighted by atomic mass is 9.94. The third-order valence-corrected chi connectivity index (χ3v) is 7.93. The summed E-state index contributed by atoms with van der Waals surface area (Å²) in [6, 6.07) is 1.05. The lowest BCUT2D eigenvalue weighted by Gasteiger charge is -2.28. The second kappa shape index (κ2) is 14.5. The van der Waals surface area contributed by atoms with Crippen molar-refractivity contribution in [3.05, 3.63) is 41.5 Å². The summed E-state index contributed by atoms with van der Waals surface area (Å²) < 4.78 is 57.8. The first-order valence-electron chi connectivity index (χ1n) is 14.6. The molecule has 11 nitrogen and oxygen atoms in total. The number of methoxy groups -OCH3 is 1. The van der Waals surface area contributed by atoms with Crippen molar-refractivity contribution in [2.45, 2.75) is 68.9 Å². The predicted octanol–water partition coefficient (Wildman–Crippen LogP) is 2.18. The van der Waals surface area contributed by atoms with Gasteiger partial charge in [0.2, 0.25) is 17.9 Å². The molecule has 0 unspecified atom stereocenters. The number of morpholine rings is 1. The fourth-order valence-corrected chi connectivity index (χ4v) is 5.21. The highest BCUT2D eigenvalue weighted by atomic mass is 19.4. The van der Waals surface area contributed by atoms with Gasteiger partial charge in [-0.2, -0.15) is 13.2 Å². The number of halogens is 3. The monoisotopic (exact) mass is 630 g/mol. The maximum absolute atomic E-state index is 14.1. The van der Waals surface area contributed by atoms with E-state index in [0.717, 1.165) is 24.8 Å². The van der Waals surface area contributed by atoms with Crippen LogP contribution in [0.4, 0.5) is 13.2 Å². The third kappa shape index (κ3) is 9.26. The molecule has 248 valence electrons. The SMILES string of the molecule is COc1ccc(C[C@H](NC(=O)[C@H](NC(=O)CN2CCOCC2)C(F)(F)F)C(=O)N[C@@H](CC2=CCCC2)C(=O)[C@@]2(C)CO2)cc1.[HH].[HH].[HH]. The number of rotatable bonds is 14. The zero-order valence-electron chi connectivity index (χ0n) is 24.8. The number of carbonyl (C=O) groups excluding carboxylic acids is 4. The Kier molecular flexibility index (Phi) is 11.0. The molecule has 2 fully saturated rings. The van der Waals surface area contributed by atoms with E-state index in [2.05, 4.69) is 10.6 Å². The number of epoxide rings is 1. The molecule has 2 aliphatic heterocycles. The topological polar surface area (TPSA) is 139 Å². The average Bonchev–Trinajstić information content (AvgIpc) is 3.53. The Balaban J connectivity index is 0.00000368. The third-order valence-electron chi connectivity index (χ3n) is 7.93.